The van der Waals surface area contributed by atoms with Crippen molar-refractivity contribution in [2.45, 2.75) is 6.42 Å². The first-order chi connectivity index (χ1) is 12.7. The van der Waals surface area contributed by atoms with Crippen LogP contribution in [-0.2, 0) is 11.2 Å². The van der Waals surface area contributed by atoms with Gasteiger partial charge in [0.2, 0.25) is 5.91 Å². The second-order valence-electron chi connectivity index (χ2n) is 5.62. The van der Waals surface area contributed by atoms with Gasteiger partial charge in [-0.2, -0.15) is 0 Å². The smallest absolute Gasteiger partial charge is 0.228 e. The van der Waals surface area contributed by atoms with E-state index < -0.39 is 0 Å². The zero-order chi connectivity index (χ0) is 18.2. The fourth-order valence-electron chi connectivity index (χ4n) is 2.38. The maximum atomic E-state index is 12.2. The summed E-state index contributed by atoms with van der Waals surface area (Å²) in [6.07, 6.45) is 2.01. The molecule has 26 heavy (non-hydrogen) atoms. The molecule has 3 rings (SSSR count). The average Bonchev–Trinajstić information content (AvgIpc) is 2.68. The zero-order valence-corrected chi connectivity index (χ0v) is 14.4. The number of benzene rings is 2. The monoisotopic (exact) mass is 342 g/mol. The highest BCUT2D eigenvalue weighted by Gasteiger charge is 2.05. The van der Waals surface area contributed by atoms with E-state index in [2.05, 4.69) is 22.1 Å². The number of nitrogens with one attached hydrogen (secondary N) is 1. The van der Waals surface area contributed by atoms with E-state index in [4.69, 9.17) is 4.74 Å². The third-order valence-corrected chi connectivity index (χ3v) is 3.67. The summed E-state index contributed by atoms with van der Waals surface area (Å²) in [4.78, 5) is 16.4. The van der Waals surface area contributed by atoms with E-state index in [1.54, 1.807) is 13.3 Å². The second-order valence-corrected chi connectivity index (χ2v) is 5.62. The molecule has 0 saturated carbocycles. The molecular formula is C22H18N2O2. The first-order valence-electron chi connectivity index (χ1n) is 8.19. The van der Waals surface area contributed by atoms with Crippen molar-refractivity contribution in [3.05, 3.63) is 89.7 Å². The zero-order valence-electron chi connectivity index (χ0n) is 14.4. The summed E-state index contributed by atoms with van der Waals surface area (Å²) in [6, 6.07) is 20.5. The predicted octanol–water partition coefficient (Wildman–Crippen LogP) is 3.67. The number of ether oxygens (including phenoxy) is 1. The number of pyridine rings is 1. The number of anilines is 1. The molecule has 0 bridgehead atoms. The molecule has 4 nitrogen and oxygen atoms in total. The Kier molecular flexibility index (Phi) is 5.64. The quantitative estimate of drug-likeness (QED) is 0.736. The summed E-state index contributed by atoms with van der Waals surface area (Å²) in [5.41, 5.74) is 3.17. The molecule has 0 aliphatic carbocycles. The van der Waals surface area contributed by atoms with Gasteiger partial charge >= 0.3 is 0 Å². The van der Waals surface area contributed by atoms with Gasteiger partial charge in [-0.1, -0.05) is 30.2 Å². The Balaban J connectivity index is 1.64. The largest absolute Gasteiger partial charge is 0.497 e. The van der Waals surface area contributed by atoms with Crippen LogP contribution in [0.1, 0.15) is 16.8 Å². The second kappa shape index (κ2) is 8.50. The molecule has 0 spiro atoms. The van der Waals surface area contributed by atoms with Gasteiger partial charge < -0.3 is 10.1 Å². The molecule has 0 atom stereocenters. The van der Waals surface area contributed by atoms with E-state index >= 15 is 0 Å². The van der Waals surface area contributed by atoms with Crippen LogP contribution in [0.25, 0.3) is 0 Å². The van der Waals surface area contributed by atoms with Crippen LogP contribution in [0.4, 0.5) is 5.69 Å². The van der Waals surface area contributed by atoms with Gasteiger partial charge in [0.1, 0.15) is 11.4 Å². The molecule has 1 amide bonds. The van der Waals surface area contributed by atoms with Crippen LogP contribution >= 0.6 is 0 Å². The van der Waals surface area contributed by atoms with Gasteiger partial charge in [0.05, 0.1) is 13.5 Å². The molecule has 3 aromatic rings. The maximum Gasteiger partial charge on any atom is 0.228 e. The lowest BCUT2D eigenvalue weighted by molar-refractivity contribution is -0.115. The van der Waals surface area contributed by atoms with Crippen molar-refractivity contribution in [2.75, 3.05) is 12.4 Å². The maximum absolute atomic E-state index is 12.2. The highest BCUT2D eigenvalue weighted by molar-refractivity contribution is 5.92. The summed E-state index contributed by atoms with van der Waals surface area (Å²) in [6.45, 7) is 0. The van der Waals surface area contributed by atoms with Gasteiger partial charge in [-0.15, -0.1) is 0 Å². The van der Waals surface area contributed by atoms with Crippen molar-refractivity contribution in [3.8, 4) is 17.6 Å². The first-order valence-corrected chi connectivity index (χ1v) is 8.19. The minimum Gasteiger partial charge on any atom is -0.497 e. The van der Waals surface area contributed by atoms with Crippen molar-refractivity contribution >= 4 is 11.6 Å². The van der Waals surface area contributed by atoms with Crippen molar-refractivity contribution in [3.63, 3.8) is 0 Å². The molecule has 1 heterocycles. The molecule has 0 unspecified atom stereocenters. The van der Waals surface area contributed by atoms with E-state index in [0.717, 1.165) is 22.6 Å². The van der Waals surface area contributed by atoms with Gasteiger partial charge in [0.15, 0.2) is 0 Å². The van der Waals surface area contributed by atoms with Crippen LogP contribution in [0.15, 0.2) is 72.9 Å². The Hall–Kier alpha value is -3.58. The van der Waals surface area contributed by atoms with Crippen molar-refractivity contribution in [1.82, 2.24) is 4.98 Å². The van der Waals surface area contributed by atoms with Gasteiger partial charge in [0.25, 0.3) is 0 Å². The van der Waals surface area contributed by atoms with E-state index in [-0.39, 0.29) is 5.91 Å². The SMILES string of the molecule is COc1ccc(CC(=O)Nc2cccc(C#Cc3ccccn3)c2)cc1. The van der Waals surface area contributed by atoms with Gasteiger partial charge in [-0.3, -0.25) is 4.79 Å². The van der Waals surface area contributed by atoms with Crippen LogP contribution in [-0.4, -0.2) is 18.0 Å². The Morgan fingerprint density at radius 1 is 1.04 bits per heavy atom. The average molecular weight is 342 g/mol. The summed E-state index contributed by atoms with van der Waals surface area (Å²) in [5.74, 6) is 6.76. The third-order valence-electron chi connectivity index (χ3n) is 3.67. The van der Waals surface area contributed by atoms with E-state index in [1.165, 1.54) is 0 Å². The normalized spacial score (nSPS) is 9.73. The first kappa shape index (κ1) is 17.2. The number of carbonyl (C=O) groups excluding carboxylic acids is 1. The Morgan fingerprint density at radius 3 is 2.62 bits per heavy atom. The summed E-state index contributed by atoms with van der Waals surface area (Å²) in [5, 5.41) is 2.90. The topological polar surface area (TPSA) is 51.2 Å². The molecule has 4 heteroatoms. The van der Waals surface area contributed by atoms with Crippen LogP contribution in [0.2, 0.25) is 0 Å². The van der Waals surface area contributed by atoms with E-state index in [0.29, 0.717) is 12.1 Å². The van der Waals surface area contributed by atoms with Crippen LogP contribution in [0, 0.1) is 11.8 Å². The Labute approximate surface area is 152 Å². The number of amides is 1. The Morgan fingerprint density at radius 2 is 1.88 bits per heavy atom. The molecule has 0 fully saturated rings. The van der Waals surface area contributed by atoms with Crippen molar-refractivity contribution in [1.29, 1.82) is 0 Å². The number of hydrogen-bond donors (Lipinski definition) is 1. The van der Waals surface area contributed by atoms with Gasteiger partial charge in [0, 0.05) is 17.4 Å². The highest BCUT2D eigenvalue weighted by atomic mass is 16.5. The molecular weight excluding hydrogens is 324 g/mol. The minimum absolute atomic E-state index is 0.0787. The number of carbonyl (C=O) groups is 1. The summed E-state index contributed by atoms with van der Waals surface area (Å²) < 4.78 is 5.12. The number of rotatable bonds is 4. The fourth-order valence-corrected chi connectivity index (χ4v) is 2.38. The number of hydrogen-bond acceptors (Lipinski definition) is 3. The van der Waals surface area contributed by atoms with E-state index in [1.807, 2.05) is 66.7 Å². The van der Waals surface area contributed by atoms with Crippen LogP contribution < -0.4 is 10.1 Å². The lowest BCUT2D eigenvalue weighted by atomic mass is 10.1. The lowest BCUT2D eigenvalue weighted by Crippen LogP contribution is -2.14. The van der Waals surface area contributed by atoms with Crippen molar-refractivity contribution < 1.29 is 9.53 Å². The number of methoxy groups -OCH3 is 1. The molecule has 0 saturated heterocycles. The van der Waals surface area contributed by atoms with Gasteiger partial charge in [-0.25, -0.2) is 4.98 Å². The molecule has 1 aromatic heterocycles. The molecule has 2 aromatic carbocycles. The molecule has 128 valence electrons. The van der Waals surface area contributed by atoms with Gasteiger partial charge in [-0.05, 0) is 53.9 Å². The minimum atomic E-state index is -0.0787. The molecule has 0 aliphatic rings. The predicted molar refractivity (Wildman–Crippen MR) is 102 cm³/mol. The summed E-state index contributed by atoms with van der Waals surface area (Å²) in [7, 11) is 1.62. The number of aromatic nitrogens is 1. The summed E-state index contributed by atoms with van der Waals surface area (Å²) >= 11 is 0. The highest BCUT2D eigenvalue weighted by Crippen LogP contribution is 2.14. The molecule has 0 aliphatic heterocycles. The van der Waals surface area contributed by atoms with Crippen LogP contribution in [0.3, 0.4) is 0 Å². The van der Waals surface area contributed by atoms with Crippen LogP contribution in [0.5, 0.6) is 5.75 Å². The lowest BCUT2D eigenvalue weighted by Gasteiger charge is -2.06. The van der Waals surface area contributed by atoms with E-state index in [9.17, 15) is 4.79 Å². The standard InChI is InChI=1S/C22H18N2O2/c1-26-21-12-9-18(10-13-21)16-22(25)24-20-7-4-5-17(15-20)8-11-19-6-2-3-14-23-19/h2-7,9-10,12-15H,16H2,1H3,(H,24,25). The third kappa shape index (κ3) is 4.96. The molecule has 0 radical (unpaired) electrons. The fraction of sp³-hybridized carbons (Fsp3) is 0.0909. The number of nitrogens with zero attached hydrogens (tertiary/aromatic N) is 1. The Bertz CT molecular complexity index is 939. The van der Waals surface area contributed by atoms with Crippen molar-refractivity contribution in [2.24, 2.45) is 0 Å². The molecule has 1 N–H and O–H groups in total.